The van der Waals surface area contributed by atoms with Crippen LogP contribution in [0.4, 0.5) is 0 Å². The summed E-state index contributed by atoms with van der Waals surface area (Å²) in [5, 5.41) is 0.459. The van der Waals surface area contributed by atoms with Crippen molar-refractivity contribution < 1.29 is 0 Å². The molecular formula is C15H26BP. The number of hydrogen-bond acceptors (Lipinski definition) is 0. The Morgan fingerprint density at radius 2 is 1.59 bits per heavy atom. The van der Waals surface area contributed by atoms with E-state index in [0.29, 0.717) is 5.31 Å². The molecule has 0 radical (unpaired) electrons. The Kier molecular flexibility index (Phi) is 5.26. The number of hydrogen-bond donors (Lipinski definition) is 0. The second-order valence-corrected chi connectivity index (χ2v) is 8.06. The third kappa shape index (κ3) is 5.26. The van der Waals surface area contributed by atoms with Crippen LogP contribution in [0.25, 0.3) is 0 Å². The van der Waals surface area contributed by atoms with Gasteiger partial charge in [-0.2, -0.15) is 8.46 Å². The van der Waals surface area contributed by atoms with Crippen LogP contribution < -0.4 is 0 Å². The molecule has 0 aliphatic heterocycles. The maximum Gasteiger partial charge on any atom is 0.169 e. The van der Waals surface area contributed by atoms with Gasteiger partial charge in [-0.1, -0.05) is 62.2 Å². The molecule has 0 aliphatic carbocycles. The van der Waals surface area contributed by atoms with E-state index in [4.69, 9.17) is 0 Å². The quantitative estimate of drug-likeness (QED) is 0.522. The van der Waals surface area contributed by atoms with E-state index in [1.807, 2.05) is 0 Å². The highest BCUT2D eigenvalue weighted by molar-refractivity contribution is 7.76. The Labute approximate surface area is 109 Å². The smallest absolute Gasteiger partial charge is 0.155 e. The molecule has 0 bridgehead atoms. The molecule has 0 nitrogen and oxygen atoms in total. The normalized spacial score (nSPS) is 12.4. The molecule has 1 aromatic rings. The molecule has 0 fully saturated rings. The molecule has 0 N–H and O–H groups in total. The maximum absolute atomic E-state index is 2.39. The zero-order valence-corrected chi connectivity index (χ0v) is 13.2. The second-order valence-electron chi connectivity index (χ2n) is 6.29. The molecule has 0 aromatic heterocycles. The van der Waals surface area contributed by atoms with Gasteiger partial charge in [0.2, 0.25) is 0 Å². The summed E-state index contributed by atoms with van der Waals surface area (Å²) in [4.78, 5) is 0. The summed E-state index contributed by atoms with van der Waals surface area (Å²) in [5.74, 6) is 0. The first-order chi connectivity index (χ1) is 7.79. The van der Waals surface area contributed by atoms with Gasteiger partial charge in [0.25, 0.3) is 0 Å². The maximum atomic E-state index is 2.39. The molecule has 1 atom stereocenters. The Morgan fingerprint density at radius 3 is 2.06 bits per heavy atom. The molecule has 0 heterocycles. The fraction of sp³-hybridized carbons (Fsp3) is 0.600. The van der Waals surface area contributed by atoms with Gasteiger partial charge in [-0.25, -0.2) is 0 Å². The van der Waals surface area contributed by atoms with Gasteiger partial charge in [-0.3, -0.25) is 0 Å². The van der Waals surface area contributed by atoms with Crippen LogP contribution in [0, 0.1) is 13.8 Å². The van der Waals surface area contributed by atoms with Crippen LogP contribution in [0.1, 0.15) is 37.5 Å². The molecule has 1 aromatic carbocycles. The summed E-state index contributed by atoms with van der Waals surface area (Å²) in [6.45, 7) is 13.8. The van der Waals surface area contributed by atoms with Gasteiger partial charge in [0, 0.05) is 0 Å². The van der Waals surface area contributed by atoms with Crippen molar-refractivity contribution in [2.45, 2.75) is 53.2 Å². The molecule has 2 heteroatoms. The van der Waals surface area contributed by atoms with Crippen molar-refractivity contribution in [3.8, 4) is 0 Å². The molecule has 94 valence electrons. The predicted molar refractivity (Wildman–Crippen MR) is 84.1 cm³/mol. The summed E-state index contributed by atoms with van der Waals surface area (Å²) in [7, 11) is 1.08. The van der Waals surface area contributed by atoms with Crippen molar-refractivity contribution >= 4 is 14.9 Å². The Hall–Kier alpha value is -0.285. The molecule has 0 aliphatic rings. The first-order valence-corrected chi connectivity index (χ1v) is 7.88. The van der Waals surface area contributed by atoms with Gasteiger partial charge in [0.1, 0.15) is 0 Å². The van der Waals surface area contributed by atoms with Crippen LogP contribution >= 0.6 is 8.46 Å². The van der Waals surface area contributed by atoms with Gasteiger partial charge in [-0.05, 0) is 32.0 Å². The largest absolute Gasteiger partial charge is 0.169 e. The van der Waals surface area contributed by atoms with Gasteiger partial charge in [0.15, 0.2) is 6.43 Å². The lowest BCUT2D eigenvalue weighted by molar-refractivity contribution is 0.751. The van der Waals surface area contributed by atoms with Crippen LogP contribution in [0.5, 0.6) is 0 Å². The molecule has 1 unspecified atom stereocenters. The van der Waals surface area contributed by atoms with E-state index in [2.05, 4.69) is 59.6 Å². The minimum Gasteiger partial charge on any atom is -0.155 e. The van der Waals surface area contributed by atoms with Gasteiger partial charge < -0.3 is 0 Å². The summed E-state index contributed by atoms with van der Waals surface area (Å²) >= 11 is 0. The third-order valence-electron chi connectivity index (χ3n) is 3.44. The predicted octanol–water partition coefficient (Wildman–Crippen LogP) is 4.95. The standard InChI is InChI=1S/C15H26BP/c1-12-9-13(2)11-14(10-12)7-8-17-16(6)15(3,4)5/h9-11,17H,7-8H2,1-6H3. The number of rotatable bonds is 4. The van der Waals surface area contributed by atoms with Crippen LogP contribution in [-0.4, -0.2) is 12.6 Å². The van der Waals surface area contributed by atoms with E-state index in [9.17, 15) is 0 Å². The molecule has 0 saturated carbocycles. The molecule has 0 amide bonds. The van der Waals surface area contributed by atoms with Crippen molar-refractivity contribution in [1.82, 2.24) is 0 Å². The Balaban J connectivity index is 2.46. The van der Waals surface area contributed by atoms with E-state index in [1.165, 1.54) is 29.3 Å². The van der Waals surface area contributed by atoms with Crippen LogP contribution in [-0.2, 0) is 6.42 Å². The third-order valence-corrected chi connectivity index (χ3v) is 5.46. The van der Waals surface area contributed by atoms with Crippen LogP contribution in [0.3, 0.4) is 0 Å². The monoisotopic (exact) mass is 248 g/mol. The zero-order chi connectivity index (χ0) is 13.1. The highest BCUT2D eigenvalue weighted by Gasteiger charge is 2.22. The highest BCUT2D eigenvalue weighted by Crippen LogP contribution is 2.37. The minimum absolute atomic E-state index is 0.459. The SMILES string of the molecule is CB(PCCc1cc(C)cc(C)c1)C(C)(C)C. The summed E-state index contributed by atoms with van der Waals surface area (Å²) in [6, 6.07) is 6.92. The van der Waals surface area contributed by atoms with Crippen molar-refractivity contribution in [2.24, 2.45) is 0 Å². The van der Waals surface area contributed by atoms with Crippen molar-refractivity contribution in [3.63, 3.8) is 0 Å². The Bertz CT molecular complexity index is 345. The van der Waals surface area contributed by atoms with Crippen molar-refractivity contribution in [2.75, 3.05) is 6.16 Å². The fourth-order valence-corrected chi connectivity index (χ4v) is 3.43. The fourth-order valence-electron chi connectivity index (χ4n) is 1.95. The van der Waals surface area contributed by atoms with E-state index >= 15 is 0 Å². The number of benzene rings is 1. The Morgan fingerprint density at radius 1 is 1.06 bits per heavy atom. The van der Waals surface area contributed by atoms with E-state index < -0.39 is 0 Å². The average Bonchev–Trinajstić information content (AvgIpc) is 2.14. The number of aryl methyl sites for hydroxylation is 3. The first-order valence-electron chi connectivity index (χ1n) is 6.59. The van der Waals surface area contributed by atoms with Crippen LogP contribution in [0.2, 0.25) is 12.1 Å². The topological polar surface area (TPSA) is 0 Å². The first kappa shape index (κ1) is 14.8. The summed E-state index contributed by atoms with van der Waals surface area (Å²) in [6.07, 6.45) is 3.40. The van der Waals surface area contributed by atoms with Gasteiger partial charge in [0.05, 0.1) is 0 Å². The average molecular weight is 248 g/mol. The molecule has 0 saturated heterocycles. The molecule has 17 heavy (non-hydrogen) atoms. The summed E-state index contributed by atoms with van der Waals surface area (Å²) < 4.78 is 0. The van der Waals surface area contributed by atoms with Crippen molar-refractivity contribution in [3.05, 3.63) is 34.9 Å². The molecule has 0 spiro atoms. The van der Waals surface area contributed by atoms with Gasteiger partial charge >= 0.3 is 0 Å². The lowest BCUT2D eigenvalue weighted by Gasteiger charge is -2.24. The second kappa shape index (κ2) is 6.05. The van der Waals surface area contributed by atoms with Gasteiger partial charge in [-0.15, -0.1) is 0 Å². The van der Waals surface area contributed by atoms with E-state index in [1.54, 1.807) is 0 Å². The lowest BCUT2D eigenvalue weighted by atomic mass is 9.55. The summed E-state index contributed by atoms with van der Waals surface area (Å²) in [5.41, 5.74) is 4.30. The zero-order valence-electron chi connectivity index (χ0n) is 12.2. The minimum atomic E-state index is 0.459. The van der Waals surface area contributed by atoms with E-state index in [-0.39, 0.29) is 0 Å². The van der Waals surface area contributed by atoms with Crippen molar-refractivity contribution in [1.29, 1.82) is 0 Å². The van der Waals surface area contributed by atoms with Crippen LogP contribution in [0.15, 0.2) is 18.2 Å². The van der Waals surface area contributed by atoms with E-state index in [0.717, 1.165) is 14.9 Å². The highest BCUT2D eigenvalue weighted by atomic mass is 31.1. The molecular weight excluding hydrogens is 222 g/mol. The lowest BCUT2D eigenvalue weighted by Crippen LogP contribution is -2.17. The molecule has 1 rings (SSSR count).